The first kappa shape index (κ1) is 35.6. The van der Waals surface area contributed by atoms with E-state index in [4.69, 9.17) is 0 Å². The lowest BCUT2D eigenvalue weighted by atomic mass is 9.26. The van der Waals surface area contributed by atoms with Crippen LogP contribution in [-0.4, -0.2) is 13.4 Å². The van der Waals surface area contributed by atoms with Gasteiger partial charge in [-0.25, -0.2) is 0 Å². The van der Waals surface area contributed by atoms with Crippen molar-refractivity contribution in [2.75, 3.05) is 0 Å². The van der Waals surface area contributed by atoms with E-state index >= 15 is 0 Å². The van der Waals surface area contributed by atoms with Crippen molar-refractivity contribution < 1.29 is 0 Å². The van der Waals surface area contributed by atoms with Gasteiger partial charge in [-0.1, -0.05) is 223 Å². The van der Waals surface area contributed by atoms with E-state index in [1.807, 2.05) is 0 Å². The third-order valence-electron chi connectivity index (χ3n) is 17.6. The van der Waals surface area contributed by atoms with Crippen LogP contribution in [0.1, 0.15) is 115 Å². The first-order valence-electron chi connectivity index (χ1n) is 22.2. The summed E-state index contributed by atoms with van der Waals surface area (Å²) >= 11 is 0. The number of hydrogen-bond acceptors (Lipinski definition) is 0. The summed E-state index contributed by atoms with van der Waals surface area (Å²) in [7, 11) is 0. The molecule has 2 aliphatic heterocycles. The highest BCUT2D eigenvalue weighted by atomic mass is 14.5. The van der Waals surface area contributed by atoms with E-state index in [0.29, 0.717) is 13.4 Å². The molecular weight excluding hydrogens is 682 g/mol. The average Bonchev–Trinajstić information content (AvgIpc) is 3.69. The molecule has 282 valence electrons. The predicted molar refractivity (Wildman–Crippen MR) is 246 cm³/mol. The zero-order valence-electron chi connectivity index (χ0n) is 35.0. The molecule has 2 heterocycles. The molecule has 0 bridgehead atoms. The summed E-state index contributed by atoms with van der Waals surface area (Å²) in [5, 5.41) is 0.451. The van der Waals surface area contributed by atoms with Gasteiger partial charge in [0.25, 0.3) is 0 Å². The fourth-order valence-electron chi connectivity index (χ4n) is 14.0. The van der Waals surface area contributed by atoms with Crippen molar-refractivity contribution >= 4 is 35.3 Å². The Morgan fingerprint density at radius 1 is 0.368 bits per heavy atom. The lowest BCUT2D eigenvalue weighted by Gasteiger charge is -2.48. The summed E-state index contributed by atoms with van der Waals surface area (Å²) in [6, 6.07) is 52.6. The minimum atomic E-state index is -0.0944. The summed E-state index contributed by atoms with van der Waals surface area (Å²) < 4.78 is 0. The highest BCUT2D eigenvalue weighted by Crippen LogP contribution is 2.63. The fourth-order valence-corrected chi connectivity index (χ4v) is 14.0. The zero-order chi connectivity index (χ0) is 39.0. The van der Waals surface area contributed by atoms with Gasteiger partial charge in [0.1, 0.15) is 0 Å². The fraction of sp³-hybridized carbons (Fsp3) is 0.345. The van der Waals surface area contributed by atoms with Crippen molar-refractivity contribution in [2.45, 2.75) is 120 Å². The van der Waals surface area contributed by atoms with Gasteiger partial charge in [0, 0.05) is 5.41 Å². The van der Waals surface area contributed by atoms with Crippen molar-refractivity contribution in [2.24, 2.45) is 0 Å². The molecule has 0 saturated heterocycles. The van der Waals surface area contributed by atoms with Gasteiger partial charge in [-0.3, -0.25) is 0 Å². The summed E-state index contributed by atoms with van der Waals surface area (Å²) in [6.45, 7) is 16.2. The Morgan fingerprint density at radius 3 is 1.12 bits per heavy atom. The van der Waals surface area contributed by atoms with Crippen LogP contribution < -0.4 is 21.9 Å². The van der Waals surface area contributed by atoms with E-state index in [1.54, 1.807) is 22.1 Å². The zero-order valence-corrected chi connectivity index (χ0v) is 35.0. The van der Waals surface area contributed by atoms with Gasteiger partial charge in [-0.15, -0.1) is 0 Å². The Kier molecular flexibility index (Phi) is 7.64. The van der Waals surface area contributed by atoms with Crippen LogP contribution >= 0.6 is 0 Å². The maximum atomic E-state index is 2.60. The third kappa shape index (κ3) is 4.71. The van der Waals surface area contributed by atoms with E-state index < -0.39 is 0 Å². The molecule has 3 aliphatic carbocycles. The van der Waals surface area contributed by atoms with Gasteiger partial charge in [-0.2, -0.15) is 0 Å². The Labute approximate surface area is 342 Å². The van der Waals surface area contributed by atoms with Crippen molar-refractivity contribution in [1.29, 1.82) is 0 Å². The van der Waals surface area contributed by atoms with Gasteiger partial charge < -0.3 is 0 Å². The molecule has 0 spiro atoms. The quantitative estimate of drug-likeness (QED) is 0.158. The maximum absolute atomic E-state index is 2.60. The molecule has 11 rings (SSSR count). The first-order chi connectivity index (χ1) is 27.5. The van der Waals surface area contributed by atoms with E-state index in [0.717, 1.165) is 0 Å². The van der Waals surface area contributed by atoms with E-state index in [9.17, 15) is 0 Å². The van der Waals surface area contributed by atoms with Crippen LogP contribution in [0.15, 0.2) is 133 Å². The van der Waals surface area contributed by atoms with E-state index in [2.05, 4.69) is 175 Å². The smallest absolute Gasteiger partial charge is 0.0735 e. The van der Waals surface area contributed by atoms with Crippen LogP contribution in [0.4, 0.5) is 0 Å². The maximum Gasteiger partial charge on any atom is 0.216 e. The highest BCUT2D eigenvalue weighted by molar-refractivity contribution is 6.90. The Bertz CT molecular complexity index is 2410. The second-order valence-electron chi connectivity index (χ2n) is 20.4. The Hall–Kier alpha value is -4.55. The molecular formula is C55H56B2. The Morgan fingerprint density at radius 2 is 0.719 bits per heavy atom. The van der Waals surface area contributed by atoms with Crippen LogP contribution in [0.25, 0.3) is 33.4 Å². The molecule has 2 saturated carbocycles. The van der Waals surface area contributed by atoms with Crippen LogP contribution in [-0.2, 0) is 16.2 Å². The van der Waals surface area contributed by atoms with Crippen LogP contribution in [0.5, 0.6) is 0 Å². The SMILES string of the molecule is CC1(C)c2cc(-c3ccc4c(c3)C3(C)CCCCC3(C)B4c3ccccc3)ccc2-c2ccc(-c3ccc4c(c3)C3(C)CCCCC3(C)B4c3ccccc3)cc21. The molecule has 0 aromatic heterocycles. The molecule has 0 nitrogen and oxygen atoms in total. The first-order valence-corrected chi connectivity index (χ1v) is 22.2. The lowest BCUT2D eigenvalue weighted by molar-refractivity contribution is 0.243. The number of rotatable bonds is 4. The largest absolute Gasteiger partial charge is 0.216 e. The van der Waals surface area contributed by atoms with E-state index in [1.165, 1.54) is 107 Å². The van der Waals surface area contributed by atoms with Gasteiger partial charge in [0.15, 0.2) is 0 Å². The van der Waals surface area contributed by atoms with Crippen LogP contribution in [0.3, 0.4) is 0 Å². The molecule has 6 aromatic rings. The molecule has 5 aliphatic rings. The van der Waals surface area contributed by atoms with Crippen molar-refractivity contribution in [3.8, 4) is 33.4 Å². The Balaban J connectivity index is 0.961. The van der Waals surface area contributed by atoms with Crippen LogP contribution in [0.2, 0.25) is 10.6 Å². The predicted octanol–water partition coefficient (Wildman–Crippen LogP) is 11.8. The van der Waals surface area contributed by atoms with Gasteiger partial charge >= 0.3 is 0 Å². The van der Waals surface area contributed by atoms with Crippen molar-refractivity contribution in [1.82, 2.24) is 0 Å². The second-order valence-corrected chi connectivity index (χ2v) is 20.4. The molecule has 4 atom stereocenters. The van der Waals surface area contributed by atoms with Gasteiger partial charge in [0.05, 0.1) is 0 Å². The molecule has 0 radical (unpaired) electrons. The molecule has 6 aromatic carbocycles. The second kappa shape index (κ2) is 12.2. The minimum absolute atomic E-state index is 0.0944. The lowest BCUT2D eigenvalue weighted by Crippen LogP contribution is -2.51. The normalized spacial score (nSPS) is 27.6. The number of benzene rings is 6. The number of fused-ring (bicyclic) bond motifs is 9. The molecule has 57 heavy (non-hydrogen) atoms. The van der Waals surface area contributed by atoms with Crippen molar-refractivity contribution in [3.05, 3.63) is 156 Å². The molecule has 4 unspecified atom stereocenters. The van der Waals surface area contributed by atoms with Gasteiger partial charge in [-0.05, 0) is 102 Å². The minimum Gasteiger partial charge on any atom is -0.0735 e. The van der Waals surface area contributed by atoms with Gasteiger partial charge in [0.2, 0.25) is 13.4 Å². The average molecular weight is 739 g/mol. The number of hydrogen-bond donors (Lipinski definition) is 0. The highest BCUT2D eigenvalue weighted by Gasteiger charge is 2.61. The molecule has 0 N–H and O–H groups in total. The third-order valence-corrected chi connectivity index (χ3v) is 17.6. The van der Waals surface area contributed by atoms with Crippen LogP contribution in [0, 0.1) is 0 Å². The summed E-state index contributed by atoms with van der Waals surface area (Å²) in [6.07, 6.45) is 10.4. The summed E-state index contributed by atoms with van der Waals surface area (Å²) in [5.41, 5.74) is 20.6. The molecule has 2 heteroatoms. The summed E-state index contributed by atoms with van der Waals surface area (Å²) in [5.74, 6) is 0. The molecule has 0 amide bonds. The van der Waals surface area contributed by atoms with Crippen molar-refractivity contribution in [3.63, 3.8) is 0 Å². The topological polar surface area (TPSA) is 0 Å². The monoisotopic (exact) mass is 738 g/mol. The standard InChI is InChI=1S/C55H56B2/c1-51(2)45-33-37(39-23-27-49-47(35-39)52(3)29-13-15-31-54(52,5)56(49)41-17-9-7-10-18-41)21-25-43(45)44-26-22-38(34-46(44)51)40-24-28-50-48(36-40)53(4)30-14-16-32-55(53,6)57(50)42-19-11-8-12-20-42/h7-12,17-28,33-36H,13-16,29-32H2,1-6H3. The van der Waals surface area contributed by atoms with E-state index in [-0.39, 0.29) is 26.9 Å². The molecule has 2 fully saturated rings. The summed E-state index contributed by atoms with van der Waals surface area (Å²) in [4.78, 5) is 0.